The van der Waals surface area contributed by atoms with Crippen molar-refractivity contribution in [1.29, 1.82) is 0 Å². The van der Waals surface area contributed by atoms with Crippen LogP contribution in [0.25, 0.3) is 10.9 Å². The Bertz CT molecular complexity index is 1410. The third kappa shape index (κ3) is 5.64. The van der Waals surface area contributed by atoms with Crippen LogP contribution >= 0.6 is 0 Å². The lowest BCUT2D eigenvalue weighted by Gasteiger charge is -2.30. The smallest absolute Gasteiger partial charge is 0.251 e. The molecule has 1 aliphatic carbocycles. The van der Waals surface area contributed by atoms with Gasteiger partial charge in [0, 0.05) is 60.0 Å². The van der Waals surface area contributed by atoms with Crippen LogP contribution in [0.1, 0.15) is 52.0 Å². The Labute approximate surface area is 217 Å². The molecule has 0 radical (unpaired) electrons. The predicted octanol–water partition coefficient (Wildman–Crippen LogP) is 5.68. The summed E-state index contributed by atoms with van der Waals surface area (Å²) in [5.41, 5.74) is 3.77. The molecule has 1 fully saturated rings. The summed E-state index contributed by atoms with van der Waals surface area (Å²) in [6, 6.07) is 26.8. The second-order valence-corrected chi connectivity index (χ2v) is 9.88. The van der Waals surface area contributed by atoms with Gasteiger partial charge in [-0.25, -0.2) is 4.98 Å². The van der Waals surface area contributed by atoms with Crippen molar-refractivity contribution in [3.63, 3.8) is 0 Å². The molecule has 6 nitrogen and oxygen atoms in total. The van der Waals surface area contributed by atoms with Gasteiger partial charge in [-0.2, -0.15) is 0 Å². The van der Waals surface area contributed by atoms with Gasteiger partial charge in [0.15, 0.2) is 5.78 Å². The summed E-state index contributed by atoms with van der Waals surface area (Å²) in [5.74, 6) is 0.669. The Morgan fingerprint density at radius 1 is 0.757 bits per heavy atom. The van der Waals surface area contributed by atoms with E-state index in [1.54, 1.807) is 36.4 Å². The minimum Gasteiger partial charge on any atom is -0.377 e. The summed E-state index contributed by atoms with van der Waals surface area (Å²) >= 11 is 0. The number of nitrogens with zero attached hydrogens (tertiary/aromatic N) is 2. The highest BCUT2D eigenvalue weighted by Gasteiger charge is 2.24. The highest BCUT2D eigenvalue weighted by Crippen LogP contribution is 2.29. The molecule has 4 aromatic rings. The number of ketones is 1. The number of carbonyl (C=O) groups excluding carboxylic acids is 2. The van der Waals surface area contributed by atoms with Gasteiger partial charge in [-0.1, -0.05) is 60.7 Å². The number of carbonyl (C=O) groups is 2. The number of pyridine rings is 1. The van der Waals surface area contributed by atoms with E-state index in [1.807, 2.05) is 50.5 Å². The Hall–Kier alpha value is -4.19. The van der Waals surface area contributed by atoms with Gasteiger partial charge in [0.1, 0.15) is 5.82 Å². The Morgan fingerprint density at radius 3 is 2.16 bits per heavy atom. The molecule has 1 saturated carbocycles. The second-order valence-electron chi connectivity index (χ2n) is 9.88. The number of anilines is 2. The average Bonchev–Trinajstić information content (AvgIpc) is 2.93. The van der Waals surface area contributed by atoms with Crippen LogP contribution in [-0.2, 0) is 0 Å². The summed E-state index contributed by atoms with van der Waals surface area (Å²) in [6.07, 6.45) is 3.67. The number of para-hydroxylation sites is 1. The SMILES string of the molecule is CN(C)c1cc(NC2CCC(NC(=O)c3cccc(C(=O)c4ccccc4)c3)CC2)nc2ccccc12. The fourth-order valence-corrected chi connectivity index (χ4v) is 5.02. The molecular weight excluding hydrogens is 460 g/mol. The zero-order chi connectivity index (χ0) is 25.8. The highest BCUT2D eigenvalue weighted by molar-refractivity contribution is 6.10. The second kappa shape index (κ2) is 10.8. The van der Waals surface area contributed by atoms with Crippen molar-refractivity contribution in [3.8, 4) is 0 Å². The van der Waals surface area contributed by atoms with E-state index in [1.165, 1.54) is 0 Å². The largest absolute Gasteiger partial charge is 0.377 e. The molecule has 0 bridgehead atoms. The minimum atomic E-state index is -0.133. The third-order valence-corrected chi connectivity index (χ3v) is 7.01. The van der Waals surface area contributed by atoms with Crippen LogP contribution in [0.3, 0.4) is 0 Å². The predicted molar refractivity (Wildman–Crippen MR) is 150 cm³/mol. The molecule has 2 N–H and O–H groups in total. The van der Waals surface area contributed by atoms with Crippen LogP contribution < -0.4 is 15.5 Å². The lowest BCUT2D eigenvalue weighted by molar-refractivity contribution is 0.0926. The van der Waals surface area contributed by atoms with E-state index in [-0.39, 0.29) is 17.7 Å². The zero-order valence-corrected chi connectivity index (χ0v) is 21.3. The van der Waals surface area contributed by atoms with Gasteiger partial charge in [0.05, 0.1) is 5.52 Å². The summed E-state index contributed by atoms with van der Waals surface area (Å²) in [5, 5.41) is 7.93. The van der Waals surface area contributed by atoms with Crippen LogP contribution in [0.4, 0.5) is 11.5 Å². The van der Waals surface area contributed by atoms with Gasteiger partial charge in [0.2, 0.25) is 0 Å². The van der Waals surface area contributed by atoms with Gasteiger partial charge in [0.25, 0.3) is 5.91 Å². The molecule has 1 aromatic heterocycles. The van der Waals surface area contributed by atoms with Crippen molar-refractivity contribution in [3.05, 3.63) is 102 Å². The molecule has 0 aliphatic heterocycles. The van der Waals surface area contributed by atoms with Crippen LogP contribution in [0.15, 0.2) is 84.9 Å². The van der Waals surface area contributed by atoms with Crippen molar-refractivity contribution in [2.75, 3.05) is 24.3 Å². The molecule has 5 rings (SSSR count). The first-order chi connectivity index (χ1) is 18.0. The van der Waals surface area contributed by atoms with Gasteiger partial charge in [-0.15, -0.1) is 0 Å². The summed E-state index contributed by atoms with van der Waals surface area (Å²) in [7, 11) is 4.10. The zero-order valence-electron chi connectivity index (χ0n) is 21.3. The number of fused-ring (bicyclic) bond motifs is 1. The molecule has 0 saturated heterocycles. The molecule has 188 valence electrons. The number of aromatic nitrogens is 1. The maximum atomic E-state index is 13.0. The molecule has 6 heteroatoms. The van der Waals surface area contributed by atoms with Crippen molar-refractivity contribution < 1.29 is 9.59 Å². The first-order valence-electron chi connectivity index (χ1n) is 12.8. The van der Waals surface area contributed by atoms with Crippen LogP contribution in [0.2, 0.25) is 0 Å². The Morgan fingerprint density at radius 2 is 1.41 bits per heavy atom. The van der Waals surface area contributed by atoms with Crippen molar-refractivity contribution in [2.45, 2.75) is 37.8 Å². The highest BCUT2D eigenvalue weighted by atomic mass is 16.1. The van der Waals surface area contributed by atoms with E-state index in [9.17, 15) is 9.59 Å². The van der Waals surface area contributed by atoms with Crippen LogP contribution in [0.5, 0.6) is 0 Å². The summed E-state index contributed by atoms with van der Waals surface area (Å²) < 4.78 is 0. The standard InChI is InChI=1S/C31H32N4O2/c1-35(2)28-20-29(34-27-14-7-6-13-26(27)28)32-24-15-17-25(18-16-24)33-31(37)23-12-8-11-22(19-23)30(36)21-9-4-3-5-10-21/h3-14,19-20,24-25H,15-18H2,1-2H3,(H,32,34)(H,33,37). The monoisotopic (exact) mass is 492 g/mol. The van der Waals surface area contributed by atoms with E-state index < -0.39 is 0 Å². The fourth-order valence-electron chi connectivity index (χ4n) is 5.02. The molecule has 1 heterocycles. The molecule has 37 heavy (non-hydrogen) atoms. The number of hydrogen-bond donors (Lipinski definition) is 2. The van der Waals surface area contributed by atoms with E-state index in [4.69, 9.17) is 4.98 Å². The Balaban J connectivity index is 1.19. The first kappa shape index (κ1) is 24.5. The molecular formula is C31H32N4O2. The first-order valence-corrected chi connectivity index (χ1v) is 12.8. The molecule has 0 spiro atoms. The van der Waals surface area contributed by atoms with Gasteiger partial charge in [-0.3, -0.25) is 9.59 Å². The number of rotatable bonds is 7. The summed E-state index contributed by atoms with van der Waals surface area (Å²) in [4.78, 5) is 32.7. The number of nitrogens with one attached hydrogen (secondary N) is 2. The van der Waals surface area contributed by atoms with E-state index in [0.29, 0.717) is 22.7 Å². The third-order valence-electron chi connectivity index (χ3n) is 7.01. The summed E-state index contributed by atoms with van der Waals surface area (Å²) in [6.45, 7) is 0. The van der Waals surface area contributed by atoms with E-state index >= 15 is 0 Å². The molecule has 1 amide bonds. The van der Waals surface area contributed by atoms with Crippen LogP contribution in [-0.4, -0.2) is 42.9 Å². The topological polar surface area (TPSA) is 74.3 Å². The van der Waals surface area contributed by atoms with Gasteiger partial charge < -0.3 is 15.5 Å². The number of hydrogen-bond acceptors (Lipinski definition) is 5. The average molecular weight is 493 g/mol. The fraction of sp³-hybridized carbons (Fsp3) is 0.258. The normalized spacial score (nSPS) is 17.2. The number of amides is 1. The number of benzene rings is 3. The van der Waals surface area contributed by atoms with Gasteiger partial charge in [-0.05, 0) is 43.9 Å². The molecule has 0 unspecified atom stereocenters. The van der Waals surface area contributed by atoms with E-state index in [2.05, 4.69) is 27.7 Å². The molecule has 3 aromatic carbocycles. The van der Waals surface area contributed by atoms with Gasteiger partial charge >= 0.3 is 0 Å². The molecule has 0 atom stereocenters. The quantitative estimate of drug-likeness (QED) is 0.325. The minimum absolute atomic E-state index is 0.0819. The maximum absolute atomic E-state index is 13.0. The maximum Gasteiger partial charge on any atom is 0.251 e. The van der Waals surface area contributed by atoms with Crippen LogP contribution in [0, 0.1) is 0 Å². The lowest BCUT2D eigenvalue weighted by atomic mass is 9.91. The van der Waals surface area contributed by atoms with E-state index in [0.717, 1.165) is 48.1 Å². The van der Waals surface area contributed by atoms with Crippen molar-refractivity contribution in [1.82, 2.24) is 10.3 Å². The van der Waals surface area contributed by atoms with Crippen molar-refractivity contribution in [2.24, 2.45) is 0 Å². The Kier molecular flexibility index (Phi) is 7.17. The molecule has 1 aliphatic rings. The van der Waals surface area contributed by atoms with Crippen molar-refractivity contribution >= 4 is 34.1 Å². The lowest BCUT2D eigenvalue weighted by Crippen LogP contribution is -2.40.